The molecular formula is C17H36N2. The summed E-state index contributed by atoms with van der Waals surface area (Å²) in [6.45, 7) is 17.6. The average Bonchev–Trinajstić information content (AvgIpc) is 2.25. The van der Waals surface area contributed by atoms with E-state index < -0.39 is 0 Å². The second-order valence-corrected chi connectivity index (χ2v) is 8.51. The molecule has 1 heterocycles. The normalized spacial score (nSPS) is 25.6. The van der Waals surface area contributed by atoms with Gasteiger partial charge in [-0.15, -0.1) is 0 Å². The highest BCUT2D eigenvalue weighted by molar-refractivity contribution is 4.91. The maximum atomic E-state index is 3.87. The number of nitrogens with one attached hydrogen (secondary N) is 2. The highest BCUT2D eigenvalue weighted by Crippen LogP contribution is 2.33. The maximum absolute atomic E-state index is 3.87. The van der Waals surface area contributed by atoms with Crippen LogP contribution in [0.4, 0.5) is 0 Å². The summed E-state index contributed by atoms with van der Waals surface area (Å²) >= 11 is 0. The maximum Gasteiger partial charge on any atom is 0.0130 e. The molecule has 1 rings (SSSR count). The molecule has 1 fully saturated rings. The van der Waals surface area contributed by atoms with Crippen LogP contribution in [0.1, 0.15) is 73.6 Å². The van der Waals surface area contributed by atoms with Crippen molar-refractivity contribution in [2.45, 2.75) is 79.2 Å². The Labute approximate surface area is 121 Å². The van der Waals surface area contributed by atoms with Crippen LogP contribution >= 0.6 is 0 Å². The van der Waals surface area contributed by atoms with Crippen LogP contribution in [-0.2, 0) is 0 Å². The molecule has 0 radical (unpaired) electrons. The minimum atomic E-state index is 0.233. The van der Waals surface area contributed by atoms with Crippen molar-refractivity contribution in [1.82, 2.24) is 10.6 Å². The molecular weight excluding hydrogens is 232 g/mol. The van der Waals surface area contributed by atoms with Gasteiger partial charge in [-0.05, 0) is 56.9 Å². The van der Waals surface area contributed by atoms with Gasteiger partial charge in [-0.1, -0.05) is 34.1 Å². The van der Waals surface area contributed by atoms with Crippen molar-refractivity contribution in [3.05, 3.63) is 0 Å². The lowest BCUT2D eigenvalue weighted by Gasteiger charge is -2.42. The molecule has 0 saturated carbocycles. The van der Waals surface area contributed by atoms with Crippen LogP contribution in [0.2, 0.25) is 0 Å². The van der Waals surface area contributed by atoms with Crippen molar-refractivity contribution in [2.75, 3.05) is 19.6 Å². The van der Waals surface area contributed by atoms with Gasteiger partial charge in [0.25, 0.3) is 0 Å². The van der Waals surface area contributed by atoms with E-state index in [1.807, 2.05) is 0 Å². The van der Waals surface area contributed by atoms with E-state index >= 15 is 0 Å². The van der Waals surface area contributed by atoms with E-state index in [9.17, 15) is 0 Å². The van der Waals surface area contributed by atoms with Crippen LogP contribution < -0.4 is 10.6 Å². The molecule has 0 aliphatic carbocycles. The third kappa shape index (κ3) is 6.27. The molecule has 2 heteroatoms. The van der Waals surface area contributed by atoms with E-state index in [-0.39, 0.29) is 5.54 Å². The fraction of sp³-hybridized carbons (Fsp3) is 1.00. The molecule has 1 saturated heterocycles. The Morgan fingerprint density at radius 3 is 2.32 bits per heavy atom. The Bertz CT molecular complexity index is 251. The van der Waals surface area contributed by atoms with Gasteiger partial charge in [0.15, 0.2) is 0 Å². The molecule has 1 atom stereocenters. The Kier molecular flexibility index (Phi) is 5.88. The highest BCUT2D eigenvalue weighted by atomic mass is 15.0. The summed E-state index contributed by atoms with van der Waals surface area (Å²) in [5.74, 6) is 0. The second kappa shape index (κ2) is 6.58. The Hall–Kier alpha value is -0.0800. The van der Waals surface area contributed by atoms with E-state index in [0.717, 1.165) is 6.54 Å². The summed E-state index contributed by atoms with van der Waals surface area (Å²) in [6, 6.07) is 0. The predicted octanol–water partition coefficient (Wildman–Crippen LogP) is 3.96. The number of hydrogen-bond donors (Lipinski definition) is 2. The molecule has 1 unspecified atom stereocenters. The van der Waals surface area contributed by atoms with Crippen molar-refractivity contribution in [2.24, 2.45) is 10.8 Å². The quantitative estimate of drug-likeness (QED) is 0.762. The van der Waals surface area contributed by atoms with Gasteiger partial charge in [0.2, 0.25) is 0 Å². The van der Waals surface area contributed by atoms with Gasteiger partial charge in [0, 0.05) is 18.6 Å². The number of hydrogen-bond acceptors (Lipinski definition) is 2. The van der Waals surface area contributed by atoms with Gasteiger partial charge in [-0.2, -0.15) is 0 Å². The van der Waals surface area contributed by atoms with Crippen molar-refractivity contribution < 1.29 is 0 Å². The van der Waals surface area contributed by atoms with E-state index in [1.165, 1.54) is 45.2 Å². The Morgan fingerprint density at radius 2 is 1.84 bits per heavy atom. The van der Waals surface area contributed by atoms with Gasteiger partial charge in [-0.3, -0.25) is 0 Å². The summed E-state index contributed by atoms with van der Waals surface area (Å²) in [7, 11) is 0. The topological polar surface area (TPSA) is 24.1 Å². The van der Waals surface area contributed by atoms with E-state index in [0.29, 0.717) is 10.8 Å². The van der Waals surface area contributed by atoms with Crippen LogP contribution in [0.15, 0.2) is 0 Å². The molecule has 2 N–H and O–H groups in total. The lowest BCUT2D eigenvalue weighted by molar-refractivity contribution is 0.149. The van der Waals surface area contributed by atoms with Gasteiger partial charge < -0.3 is 10.6 Å². The summed E-state index contributed by atoms with van der Waals surface area (Å²) in [5, 5.41) is 7.48. The van der Waals surface area contributed by atoms with E-state index in [4.69, 9.17) is 0 Å². The first-order chi connectivity index (χ1) is 8.68. The predicted molar refractivity (Wildman–Crippen MR) is 85.6 cm³/mol. The zero-order valence-electron chi connectivity index (χ0n) is 14.2. The van der Waals surface area contributed by atoms with E-state index in [2.05, 4.69) is 52.2 Å². The second-order valence-electron chi connectivity index (χ2n) is 8.51. The van der Waals surface area contributed by atoms with Crippen LogP contribution in [0.3, 0.4) is 0 Å². The largest absolute Gasteiger partial charge is 0.316 e. The van der Waals surface area contributed by atoms with Crippen molar-refractivity contribution in [3.63, 3.8) is 0 Å². The number of piperidine rings is 1. The first kappa shape index (κ1) is 17.0. The lowest BCUT2D eigenvalue weighted by Crippen LogP contribution is -2.52. The monoisotopic (exact) mass is 268 g/mol. The first-order valence-corrected chi connectivity index (χ1v) is 8.14. The van der Waals surface area contributed by atoms with Crippen LogP contribution in [0.25, 0.3) is 0 Å². The average molecular weight is 268 g/mol. The zero-order valence-corrected chi connectivity index (χ0v) is 14.2. The van der Waals surface area contributed by atoms with Crippen molar-refractivity contribution in [1.29, 1.82) is 0 Å². The molecule has 0 aromatic heterocycles. The van der Waals surface area contributed by atoms with Crippen LogP contribution in [-0.4, -0.2) is 25.2 Å². The molecule has 0 amide bonds. The fourth-order valence-electron chi connectivity index (χ4n) is 3.83. The first-order valence-electron chi connectivity index (χ1n) is 8.14. The number of rotatable bonds is 6. The summed E-state index contributed by atoms with van der Waals surface area (Å²) in [4.78, 5) is 0. The SMILES string of the molecule is CCCC1(CNC(C)(C)CC(C)(C)C)CCCNC1. The molecule has 0 spiro atoms. The minimum Gasteiger partial charge on any atom is -0.316 e. The molecule has 0 aromatic carbocycles. The third-order valence-corrected chi connectivity index (χ3v) is 4.26. The fourth-order valence-corrected chi connectivity index (χ4v) is 3.83. The van der Waals surface area contributed by atoms with Gasteiger partial charge >= 0.3 is 0 Å². The minimum absolute atomic E-state index is 0.233. The summed E-state index contributed by atoms with van der Waals surface area (Å²) in [6.07, 6.45) is 6.57. The van der Waals surface area contributed by atoms with Gasteiger partial charge in [0.1, 0.15) is 0 Å². The smallest absolute Gasteiger partial charge is 0.0130 e. The van der Waals surface area contributed by atoms with Crippen LogP contribution in [0, 0.1) is 10.8 Å². The molecule has 114 valence electrons. The molecule has 2 nitrogen and oxygen atoms in total. The molecule has 0 aromatic rings. The molecule has 19 heavy (non-hydrogen) atoms. The van der Waals surface area contributed by atoms with Gasteiger partial charge in [0.05, 0.1) is 0 Å². The third-order valence-electron chi connectivity index (χ3n) is 4.26. The zero-order chi connectivity index (χ0) is 14.6. The van der Waals surface area contributed by atoms with E-state index in [1.54, 1.807) is 0 Å². The lowest BCUT2D eigenvalue weighted by atomic mass is 9.75. The van der Waals surface area contributed by atoms with Crippen molar-refractivity contribution >= 4 is 0 Å². The van der Waals surface area contributed by atoms with Crippen LogP contribution in [0.5, 0.6) is 0 Å². The standard InChI is InChI=1S/C17H36N2/c1-7-9-17(10-8-11-18-13-17)14-19-16(5,6)12-15(2,3)4/h18-19H,7-14H2,1-6H3. The van der Waals surface area contributed by atoms with Gasteiger partial charge in [-0.25, -0.2) is 0 Å². The molecule has 1 aliphatic rings. The molecule has 0 bridgehead atoms. The summed E-state index contributed by atoms with van der Waals surface area (Å²) in [5.41, 5.74) is 1.11. The highest BCUT2D eigenvalue weighted by Gasteiger charge is 2.33. The Balaban J connectivity index is 2.55. The molecule has 1 aliphatic heterocycles. The van der Waals surface area contributed by atoms with Crippen molar-refractivity contribution in [3.8, 4) is 0 Å². The Morgan fingerprint density at radius 1 is 1.16 bits per heavy atom. The summed E-state index contributed by atoms with van der Waals surface area (Å²) < 4.78 is 0.